The van der Waals surface area contributed by atoms with E-state index in [1.807, 2.05) is 18.2 Å². The highest BCUT2D eigenvalue weighted by molar-refractivity contribution is 5.36. The van der Waals surface area contributed by atoms with E-state index in [-0.39, 0.29) is 0 Å². The lowest BCUT2D eigenvalue weighted by Crippen LogP contribution is -2.13. The van der Waals surface area contributed by atoms with Crippen molar-refractivity contribution in [2.24, 2.45) is 5.73 Å². The van der Waals surface area contributed by atoms with Crippen LogP contribution in [-0.2, 0) is 25.8 Å². The Hall–Kier alpha value is -2.01. The Morgan fingerprint density at radius 1 is 1.10 bits per heavy atom. The lowest BCUT2D eigenvalue weighted by molar-refractivity contribution is 0.299. The lowest BCUT2D eigenvalue weighted by atomic mass is 10.0. The molecule has 0 amide bonds. The summed E-state index contributed by atoms with van der Waals surface area (Å²) in [6.07, 6.45) is 4.27. The quantitative estimate of drug-likeness (QED) is 0.843. The number of ether oxygens (including phenoxy) is 1. The topological polar surface area (TPSA) is 73.9 Å². The van der Waals surface area contributed by atoms with Crippen LogP contribution in [0, 0.1) is 0 Å². The second-order valence-electron chi connectivity index (χ2n) is 4.74. The Kier molecular flexibility index (Phi) is 5.63. The lowest BCUT2D eigenvalue weighted by Gasteiger charge is -2.14. The fourth-order valence-corrected chi connectivity index (χ4v) is 2.36. The standard InChI is InChI=1S/C16H22N4O/c1-3-13-14(11-17)16(20-19-15(13)4-2)21-10-8-12-7-5-6-9-18-12/h5-7,9H,3-4,8,10-11,17H2,1-2H3. The summed E-state index contributed by atoms with van der Waals surface area (Å²) in [4.78, 5) is 4.27. The third-order valence-electron chi connectivity index (χ3n) is 3.45. The van der Waals surface area contributed by atoms with Gasteiger partial charge in [0.1, 0.15) is 0 Å². The van der Waals surface area contributed by atoms with Crippen LogP contribution in [0.15, 0.2) is 24.4 Å². The molecule has 0 aromatic carbocycles. The molecule has 0 fully saturated rings. The van der Waals surface area contributed by atoms with Crippen molar-refractivity contribution in [3.8, 4) is 5.88 Å². The summed E-state index contributed by atoms with van der Waals surface area (Å²) in [6.45, 7) is 5.12. The summed E-state index contributed by atoms with van der Waals surface area (Å²) in [7, 11) is 0. The van der Waals surface area contributed by atoms with Crippen LogP contribution in [0.3, 0.4) is 0 Å². The third-order valence-corrected chi connectivity index (χ3v) is 3.45. The van der Waals surface area contributed by atoms with Gasteiger partial charge in [0.25, 0.3) is 0 Å². The zero-order valence-corrected chi connectivity index (χ0v) is 12.7. The van der Waals surface area contributed by atoms with Gasteiger partial charge in [-0.25, -0.2) is 0 Å². The molecule has 5 nitrogen and oxygen atoms in total. The maximum absolute atomic E-state index is 5.87. The number of nitrogens with two attached hydrogens (primary N) is 1. The van der Waals surface area contributed by atoms with Crippen LogP contribution in [0.1, 0.15) is 36.4 Å². The van der Waals surface area contributed by atoms with Gasteiger partial charge in [-0.05, 0) is 30.5 Å². The summed E-state index contributed by atoms with van der Waals surface area (Å²) >= 11 is 0. The fourth-order valence-electron chi connectivity index (χ4n) is 2.36. The Morgan fingerprint density at radius 2 is 1.95 bits per heavy atom. The van der Waals surface area contributed by atoms with Gasteiger partial charge in [-0.2, -0.15) is 5.10 Å². The molecule has 0 radical (unpaired) electrons. The number of hydrogen-bond acceptors (Lipinski definition) is 5. The molecule has 2 heterocycles. The minimum Gasteiger partial charge on any atom is -0.476 e. The number of aryl methyl sites for hydroxylation is 1. The highest BCUT2D eigenvalue weighted by Gasteiger charge is 2.14. The van der Waals surface area contributed by atoms with Gasteiger partial charge in [0.2, 0.25) is 5.88 Å². The average molecular weight is 286 g/mol. The highest BCUT2D eigenvalue weighted by Crippen LogP contribution is 2.22. The summed E-state index contributed by atoms with van der Waals surface area (Å²) < 4.78 is 5.78. The van der Waals surface area contributed by atoms with Crippen molar-refractivity contribution in [2.75, 3.05) is 6.61 Å². The van der Waals surface area contributed by atoms with E-state index in [4.69, 9.17) is 10.5 Å². The molecule has 2 aromatic rings. The van der Waals surface area contributed by atoms with Crippen LogP contribution < -0.4 is 10.5 Å². The van der Waals surface area contributed by atoms with Crippen molar-refractivity contribution in [2.45, 2.75) is 39.7 Å². The van der Waals surface area contributed by atoms with E-state index in [0.717, 1.165) is 36.2 Å². The number of nitrogens with zero attached hydrogens (tertiary/aromatic N) is 3. The normalized spacial score (nSPS) is 10.6. The van der Waals surface area contributed by atoms with Crippen LogP contribution in [0.2, 0.25) is 0 Å². The van der Waals surface area contributed by atoms with Crippen molar-refractivity contribution in [1.82, 2.24) is 15.2 Å². The average Bonchev–Trinajstić information content (AvgIpc) is 2.55. The van der Waals surface area contributed by atoms with Crippen LogP contribution in [0.5, 0.6) is 5.88 Å². The van der Waals surface area contributed by atoms with Crippen molar-refractivity contribution >= 4 is 0 Å². The highest BCUT2D eigenvalue weighted by atomic mass is 16.5. The Bertz CT molecular complexity index is 572. The predicted octanol–water partition coefficient (Wildman–Crippen LogP) is 2.08. The molecule has 21 heavy (non-hydrogen) atoms. The number of pyridine rings is 1. The molecule has 2 rings (SSSR count). The second-order valence-corrected chi connectivity index (χ2v) is 4.74. The van der Waals surface area contributed by atoms with Crippen LogP contribution in [-0.4, -0.2) is 21.8 Å². The first-order chi connectivity index (χ1) is 10.3. The van der Waals surface area contributed by atoms with Crippen molar-refractivity contribution in [1.29, 1.82) is 0 Å². The molecular weight excluding hydrogens is 264 g/mol. The Labute approximate surface area is 125 Å². The fraction of sp³-hybridized carbons (Fsp3) is 0.438. The molecule has 0 aliphatic heterocycles. The Morgan fingerprint density at radius 3 is 2.57 bits per heavy atom. The first-order valence-electron chi connectivity index (χ1n) is 7.40. The molecule has 0 saturated heterocycles. The van der Waals surface area contributed by atoms with Crippen LogP contribution in [0.25, 0.3) is 0 Å². The van der Waals surface area contributed by atoms with Crippen LogP contribution >= 0.6 is 0 Å². The molecular formula is C16H22N4O. The Balaban J connectivity index is 2.09. The molecule has 2 aromatic heterocycles. The SMILES string of the molecule is CCc1nnc(OCCc2ccccn2)c(CN)c1CC. The van der Waals surface area contributed by atoms with Gasteiger partial charge >= 0.3 is 0 Å². The summed E-state index contributed by atoms with van der Waals surface area (Å²) in [5, 5.41) is 8.44. The predicted molar refractivity (Wildman–Crippen MR) is 82.1 cm³/mol. The smallest absolute Gasteiger partial charge is 0.238 e. The maximum Gasteiger partial charge on any atom is 0.238 e. The number of rotatable bonds is 7. The third kappa shape index (κ3) is 3.76. The van der Waals surface area contributed by atoms with Gasteiger partial charge < -0.3 is 10.5 Å². The minimum atomic E-state index is 0.421. The van der Waals surface area contributed by atoms with E-state index in [1.54, 1.807) is 6.20 Å². The van der Waals surface area contributed by atoms with Crippen molar-refractivity contribution in [3.05, 3.63) is 46.9 Å². The van der Waals surface area contributed by atoms with Gasteiger partial charge in [0.05, 0.1) is 12.3 Å². The molecule has 2 N–H and O–H groups in total. The monoisotopic (exact) mass is 286 g/mol. The zero-order chi connectivity index (χ0) is 15.1. The first-order valence-corrected chi connectivity index (χ1v) is 7.40. The molecule has 0 unspecified atom stereocenters. The van der Waals surface area contributed by atoms with E-state index in [9.17, 15) is 0 Å². The van der Waals surface area contributed by atoms with E-state index >= 15 is 0 Å². The largest absolute Gasteiger partial charge is 0.476 e. The molecule has 0 spiro atoms. The molecule has 0 aliphatic carbocycles. The van der Waals surface area contributed by atoms with Gasteiger partial charge in [0.15, 0.2) is 0 Å². The van der Waals surface area contributed by atoms with E-state index < -0.39 is 0 Å². The van der Waals surface area contributed by atoms with Gasteiger partial charge in [-0.1, -0.05) is 19.9 Å². The maximum atomic E-state index is 5.87. The molecule has 0 atom stereocenters. The second kappa shape index (κ2) is 7.69. The van der Waals surface area contributed by atoms with E-state index in [1.165, 1.54) is 5.56 Å². The molecule has 0 bridgehead atoms. The molecule has 0 aliphatic rings. The molecule has 0 saturated carbocycles. The van der Waals surface area contributed by atoms with Crippen molar-refractivity contribution in [3.63, 3.8) is 0 Å². The number of aromatic nitrogens is 3. The molecule has 5 heteroatoms. The number of hydrogen-bond donors (Lipinski definition) is 1. The van der Waals surface area contributed by atoms with Gasteiger partial charge in [-0.3, -0.25) is 4.98 Å². The van der Waals surface area contributed by atoms with Gasteiger partial charge in [0, 0.05) is 30.4 Å². The van der Waals surface area contributed by atoms with E-state index in [2.05, 4.69) is 29.0 Å². The zero-order valence-electron chi connectivity index (χ0n) is 12.7. The summed E-state index contributed by atoms with van der Waals surface area (Å²) in [5.74, 6) is 0.558. The molecule has 112 valence electrons. The van der Waals surface area contributed by atoms with Gasteiger partial charge in [-0.15, -0.1) is 5.10 Å². The van der Waals surface area contributed by atoms with Crippen molar-refractivity contribution < 1.29 is 4.74 Å². The summed E-state index contributed by atoms with van der Waals surface area (Å²) in [6, 6.07) is 5.86. The first kappa shape index (κ1) is 15.4. The minimum absolute atomic E-state index is 0.421. The van der Waals surface area contributed by atoms with E-state index in [0.29, 0.717) is 19.0 Å². The van der Waals surface area contributed by atoms with Crippen LogP contribution in [0.4, 0.5) is 0 Å². The summed E-state index contributed by atoms with van der Waals surface area (Å²) in [5.41, 5.74) is 10.0.